The Morgan fingerprint density at radius 1 is 1.08 bits per heavy atom. The van der Waals surface area contributed by atoms with Crippen LogP contribution in [0.2, 0.25) is 0 Å². The number of hydrogen-bond donors (Lipinski definition) is 1. The molecule has 1 amide bonds. The van der Waals surface area contributed by atoms with Crippen LogP contribution in [0.4, 0.5) is 13.2 Å². The number of nitrogens with one attached hydrogen (secondary N) is 1. The number of amides is 1. The van der Waals surface area contributed by atoms with E-state index in [1.807, 2.05) is 23.1 Å². The lowest BCUT2D eigenvalue weighted by Crippen LogP contribution is -2.41. The van der Waals surface area contributed by atoms with Crippen molar-refractivity contribution < 1.29 is 27.1 Å². The lowest BCUT2D eigenvalue weighted by Gasteiger charge is -2.30. The molecule has 1 aromatic carbocycles. The number of pyridine rings is 1. The van der Waals surface area contributed by atoms with Gasteiger partial charge in [0, 0.05) is 57.6 Å². The summed E-state index contributed by atoms with van der Waals surface area (Å²) in [6.07, 6.45) is -0.907. The fraction of sp³-hybridized carbons (Fsp3) is 0.423. The summed E-state index contributed by atoms with van der Waals surface area (Å²) in [5.74, 6) is -0.116. The van der Waals surface area contributed by atoms with Gasteiger partial charge >= 0.3 is 6.18 Å². The Morgan fingerprint density at radius 2 is 1.86 bits per heavy atom. The third-order valence-corrected chi connectivity index (χ3v) is 6.09. The Morgan fingerprint density at radius 3 is 2.62 bits per heavy atom. The Bertz CT molecular complexity index is 1130. The summed E-state index contributed by atoms with van der Waals surface area (Å²) in [6, 6.07) is 11.1. The average molecular weight is 518 g/mol. The fourth-order valence-electron chi connectivity index (χ4n) is 4.12. The molecule has 0 radical (unpaired) electrons. The van der Waals surface area contributed by atoms with Crippen molar-refractivity contribution in [1.82, 2.24) is 25.1 Å². The van der Waals surface area contributed by atoms with Crippen LogP contribution in [0.25, 0.3) is 0 Å². The molecule has 0 spiro atoms. The zero-order chi connectivity index (χ0) is 26.1. The maximum Gasteiger partial charge on any atom is 0.416 e. The molecule has 198 valence electrons. The Balaban J connectivity index is 1.40. The molecule has 37 heavy (non-hydrogen) atoms. The Labute approximate surface area is 213 Å². The second-order valence-electron chi connectivity index (χ2n) is 8.77. The van der Waals surface area contributed by atoms with E-state index in [-0.39, 0.29) is 36.1 Å². The summed E-state index contributed by atoms with van der Waals surface area (Å²) in [7, 11) is 0. The van der Waals surface area contributed by atoms with Gasteiger partial charge in [0.2, 0.25) is 5.89 Å². The third-order valence-electron chi connectivity index (χ3n) is 6.09. The first-order valence-electron chi connectivity index (χ1n) is 12.2. The van der Waals surface area contributed by atoms with Gasteiger partial charge in [0.15, 0.2) is 5.69 Å². The van der Waals surface area contributed by atoms with Crippen molar-refractivity contribution in [3.63, 3.8) is 0 Å². The minimum absolute atomic E-state index is 0.0635. The van der Waals surface area contributed by atoms with E-state index in [4.69, 9.17) is 9.15 Å². The zero-order valence-corrected chi connectivity index (χ0v) is 20.4. The van der Waals surface area contributed by atoms with Crippen molar-refractivity contribution in [2.45, 2.75) is 25.7 Å². The van der Waals surface area contributed by atoms with Crippen LogP contribution in [0.1, 0.15) is 33.2 Å². The van der Waals surface area contributed by atoms with E-state index in [1.165, 1.54) is 18.4 Å². The molecule has 1 saturated heterocycles. The number of aromatic nitrogens is 2. The summed E-state index contributed by atoms with van der Waals surface area (Å²) < 4.78 is 51.7. The molecule has 1 aliphatic rings. The van der Waals surface area contributed by atoms with Crippen LogP contribution < -0.4 is 5.32 Å². The van der Waals surface area contributed by atoms with Crippen molar-refractivity contribution in [2.75, 3.05) is 45.9 Å². The molecular weight excluding hydrogens is 487 g/mol. The number of hydrogen-bond acceptors (Lipinski definition) is 7. The molecule has 3 heterocycles. The number of rotatable bonds is 11. The van der Waals surface area contributed by atoms with Gasteiger partial charge in [0.25, 0.3) is 5.91 Å². The molecule has 11 heteroatoms. The number of halogens is 3. The first-order chi connectivity index (χ1) is 17.9. The van der Waals surface area contributed by atoms with Gasteiger partial charge in [-0.1, -0.05) is 24.3 Å². The molecule has 0 aliphatic carbocycles. The lowest BCUT2D eigenvalue weighted by atomic mass is 10.1. The van der Waals surface area contributed by atoms with Gasteiger partial charge in [-0.15, -0.1) is 0 Å². The van der Waals surface area contributed by atoms with E-state index >= 15 is 0 Å². The van der Waals surface area contributed by atoms with Crippen molar-refractivity contribution in [1.29, 1.82) is 0 Å². The maximum absolute atomic E-state index is 13.6. The van der Waals surface area contributed by atoms with Gasteiger partial charge in [-0.05, 0) is 23.8 Å². The summed E-state index contributed by atoms with van der Waals surface area (Å²) in [5.41, 5.74) is 0.501. The van der Waals surface area contributed by atoms with Crippen LogP contribution in [0.3, 0.4) is 0 Å². The summed E-state index contributed by atoms with van der Waals surface area (Å²) in [4.78, 5) is 25.1. The van der Waals surface area contributed by atoms with Crippen molar-refractivity contribution >= 4 is 5.91 Å². The number of carbonyl (C=O) groups is 1. The number of alkyl halides is 3. The third kappa shape index (κ3) is 8.11. The Kier molecular flexibility index (Phi) is 9.26. The molecule has 8 nitrogen and oxygen atoms in total. The van der Waals surface area contributed by atoms with Gasteiger partial charge in [-0.3, -0.25) is 19.6 Å². The number of ether oxygens (including phenoxy) is 1. The molecule has 2 aromatic heterocycles. The molecule has 0 unspecified atom stereocenters. The van der Waals surface area contributed by atoms with E-state index in [1.54, 1.807) is 12.3 Å². The van der Waals surface area contributed by atoms with Crippen molar-refractivity contribution in [3.8, 4) is 0 Å². The monoisotopic (exact) mass is 517 g/mol. The highest BCUT2D eigenvalue weighted by Gasteiger charge is 2.33. The highest BCUT2D eigenvalue weighted by molar-refractivity contribution is 5.91. The SMILES string of the molecule is O=C(NCCc1ccccn1)c1coc(CN(CCN2CCOCC2)Cc2ccccc2C(F)(F)F)n1. The van der Waals surface area contributed by atoms with Gasteiger partial charge in [0.05, 0.1) is 25.3 Å². The highest BCUT2D eigenvalue weighted by Crippen LogP contribution is 2.32. The van der Waals surface area contributed by atoms with E-state index < -0.39 is 11.7 Å². The van der Waals surface area contributed by atoms with Crippen LogP contribution in [0.5, 0.6) is 0 Å². The topological polar surface area (TPSA) is 83.7 Å². The molecule has 4 rings (SSSR count). The molecule has 1 aliphatic heterocycles. The predicted molar refractivity (Wildman–Crippen MR) is 130 cm³/mol. The fourth-order valence-corrected chi connectivity index (χ4v) is 4.12. The minimum Gasteiger partial charge on any atom is -0.447 e. The average Bonchev–Trinajstić information content (AvgIpc) is 3.37. The molecule has 1 N–H and O–H groups in total. The van der Waals surface area contributed by atoms with Gasteiger partial charge in [-0.2, -0.15) is 13.2 Å². The van der Waals surface area contributed by atoms with E-state index in [0.717, 1.165) is 24.8 Å². The molecule has 0 atom stereocenters. The largest absolute Gasteiger partial charge is 0.447 e. The maximum atomic E-state index is 13.6. The quantitative estimate of drug-likeness (QED) is 0.418. The zero-order valence-electron chi connectivity index (χ0n) is 20.4. The molecule has 3 aromatic rings. The summed E-state index contributed by atoms with van der Waals surface area (Å²) in [6.45, 7) is 4.59. The van der Waals surface area contributed by atoms with Crippen molar-refractivity contribution in [2.24, 2.45) is 0 Å². The van der Waals surface area contributed by atoms with Crippen molar-refractivity contribution in [3.05, 3.63) is 83.3 Å². The lowest BCUT2D eigenvalue weighted by molar-refractivity contribution is -0.138. The van der Waals surface area contributed by atoms with Crippen LogP contribution in [0, 0.1) is 0 Å². The van der Waals surface area contributed by atoms with Crippen LogP contribution in [-0.4, -0.2) is 71.6 Å². The van der Waals surface area contributed by atoms with Gasteiger partial charge < -0.3 is 14.5 Å². The molecule has 0 saturated carbocycles. The first kappa shape index (κ1) is 26.8. The summed E-state index contributed by atoms with van der Waals surface area (Å²) >= 11 is 0. The first-order valence-corrected chi connectivity index (χ1v) is 12.2. The molecule has 0 bridgehead atoms. The standard InChI is InChI=1S/C26H30F3N5O3/c27-26(28,29)22-7-2-1-5-20(22)17-34(12-11-33-13-15-36-16-14-33)18-24-32-23(19-37-24)25(35)31-10-8-21-6-3-4-9-30-21/h1-7,9,19H,8,10-18H2,(H,31,35). The number of carbonyl (C=O) groups excluding carboxylic acids is 1. The van der Waals surface area contributed by atoms with E-state index in [9.17, 15) is 18.0 Å². The second kappa shape index (κ2) is 12.8. The van der Waals surface area contributed by atoms with Crippen LogP contribution in [0.15, 0.2) is 59.3 Å². The smallest absolute Gasteiger partial charge is 0.416 e. The normalized spacial score (nSPS) is 14.7. The minimum atomic E-state index is -4.45. The van der Waals surface area contributed by atoms with E-state index in [2.05, 4.69) is 20.2 Å². The van der Waals surface area contributed by atoms with Crippen LogP contribution in [-0.2, 0) is 30.4 Å². The predicted octanol–water partition coefficient (Wildman–Crippen LogP) is 3.40. The van der Waals surface area contributed by atoms with E-state index in [0.29, 0.717) is 39.3 Å². The summed E-state index contributed by atoms with van der Waals surface area (Å²) in [5, 5.41) is 2.79. The number of morpholine rings is 1. The Hall–Kier alpha value is -3.28. The van der Waals surface area contributed by atoms with Crippen LogP contribution >= 0.6 is 0 Å². The number of benzene rings is 1. The molecular formula is C26H30F3N5O3. The van der Waals surface area contributed by atoms with Gasteiger partial charge in [0.1, 0.15) is 6.26 Å². The number of nitrogens with zero attached hydrogens (tertiary/aromatic N) is 4. The molecule has 1 fully saturated rings. The second-order valence-corrected chi connectivity index (χ2v) is 8.77. The van der Waals surface area contributed by atoms with Gasteiger partial charge in [-0.25, -0.2) is 4.98 Å². The highest BCUT2D eigenvalue weighted by atomic mass is 19.4. The number of oxazole rings is 1.